The first kappa shape index (κ1) is 17.2. The van der Waals surface area contributed by atoms with Crippen molar-refractivity contribution < 1.29 is 9.53 Å². The fourth-order valence-electron chi connectivity index (χ4n) is 2.13. The van der Waals surface area contributed by atoms with E-state index in [-0.39, 0.29) is 5.91 Å². The third kappa shape index (κ3) is 5.18. The molecule has 0 atom stereocenters. The average molecular weight is 327 g/mol. The van der Waals surface area contributed by atoms with Crippen LogP contribution in [0, 0.1) is 0 Å². The molecule has 0 radical (unpaired) electrons. The summed E-state index contributed by atoms with van der Waals surface area (Å²) in [6.45, 7) is 0.691. The number of hydrogen-bond donors (Lipinski definition) is 0. The van der Waals surface area contributed by atoms with E-state index in [1.807, 2.05) is 66.9 Å². The number of anilines is 1. The van der Waals surface area contributed by atoms with Crippen LogP contribution in [0.2, 0.25) is 0 Å². The molecule has 0 fully saturated rings. The Kier molecular flexibility index (Phi) is 6.76. The molecule has 4 heteroatoms. The van der Waals surface area contributed by atoms with Crippen molar-refractivity contribution in [2.75, 3.05) is 30.6 Å². The van der Waals surface area contributed by atoms with E-state index in [2.05, 4.69) is 0 Å². The Hall–Kier alpha value is -2.20. The number of hydrogen-bond acceptors (Lipinski definition) is 3. The minimum atomic E-state index is -0.0129. The van der Waals surface area contributed by atoms with Gasteiger partial charge in [0.05, 0.1) is 7.11 Å². The predicted octanol–water partition coefficient (Wildman–Crippen LogP) is 4.10. The summed E-state index contributed by atoms with van der Waals surface area (Å²) in [5.74, 6) is 1.69. The van der Waals surface area contributed by atoms with Gasteiger partial charge in [0, 0.05) is 24.1 Å². The van der Waals surface area contributed by atoms with Crippen molar-refractivity contribution >= 4 is 29.4 Å². The lowest BCUT2D eigenvalue weighted by atomic mass is 10.2. The first-order chi connectivity index (χ1) is 11.2. The van der Waals surface area contributed by atoms with Gasteiger partial charge in [0.15, 0.2) is 0 Å². The molecular weight excluding hydrogens is 306 g/mol. The Balaban J connectivity index is 2.11. The lowest BCUT2D eigenvalue weighted by Gasteiger charge is -2.21. The van der Waals surface area contributed by atoms with Gasteiger partial charge in [0.1, 0.15) is 5.75 Å². The summed E-state index contributed by atoms with van der Waals surface area (Å²) in [5.41, 5.74) is 1.89. The van der Waals surface area contributed by atoms with Gasteiger partial charge in [-0.2, -0.15) is 11.8 Å². The van der Waals surface area contributed by atoms with Crippen LogP contribution in [-0.2, 0) is 4.79 Å². The lowest BCUT2D eigenvalue weighted by Crippen LogP contribution is -2.31. The molecule has 0 aliphatic rings. The maximum atomic E-state index is 12.6. The standard InChI is InChI=1S/C19H21NO2S/c1-22-18-11-8-16(9-12-18)10-13-19(21)20(14-15-23-2)17-6-4-3-5-7-17/h3-13H,14-15H2,1-2H3/b13-10+. The zero-order chi connectivity index (χ0) is 16.5. The molecule has 0 saturated heterocycles. The number of carbonyl (C=O) groups excluding carboxylic acids is 1. The molecule has 0 aliphatic carbocycles. The van der Waals surface area contributed by atoms with Crippen LogP contribution >= 0.6 is 11.8 Å². The first-order valence-electron chi connectivity index (χ1n) is 7.42. The molecule has 0 aromatic heterocycles. The minimum absolute atomic E-state index is 0.0129. The Labute approximate surface area is 142 Å². The highest BCUT2D eigenvalue weighted by molar-refractivity contribution is 7.98. The van der Waals surface area contributed by atoms with Crippen LogP contribution in [0.15, 0.2) is 60.7 Å². The molecule has 1 amide bonds. The second kappa shape index (κ2) is 9.06. The van der Waals surface area contributed by atoms with E-state index >= 15 is 0 Å². The molecule has 120 valence electrons. The fourth-order valence-corrected chi connectivity index (χ4v) is 2.49. The van der Waals surface area contributed by atoms with Gasteiger partial charge >= 0.3 is 0 Å². The molecular formula is C19H21NO2S. The van der Waals surface area contributed by atoms with Gasteiger partial charge in [-0.1, -0.05) is 30.3 Å². The van der Waals surface area contributed by atoms with E-state index in [1.54, 1.807) is 29.8 Å². The van der Waals surface area contributed by atoms with Crippen LogP contribution in [0.4, 0.5) is 5.69 Å². The topological polar surface area (TPSA) is 29.5 Å². The van der Waals surface area contributed by atoms with Crippen LogP contribution in [-0.4, -0.2) is 31.6 Å². The number of thioether (sulfide) groups is 1. The zero-order valence-electron chi connectivity index (χ0n) is 13.4. The quantitative estimate of drug-likeness (QED) is 0.717. The van der Waals surface area contributed by atoms with E-state index in [0.717, 1.165) is 22.8 Å². The highest BCUT2D eigenvalue weighted by Gasteiger charge is 2.12. The molecule has 0 N–H and O–H groups in total. The number of carbonyl (C=O) groups is 1. The van der Waals surface area contributed by atoms with Crippen LogP contribution in [0.3, 0.4) is 0 Å². The van der Waals surface area contributed by atoms with Crippen LogP contribution in [0.25, 0.3) is 6.08 Å². The highest BCUT2D eigenvalue weighted by Crippen LogP contribution is 2.16. The van der Waals surface area contributed by atoms with E-state index in [0.29, 0.717) is 6.54 Å². The number of ether oxygens (including phenoxy) is 1. The summed E-state index contributed by atoms with van der Waals surface area (Å²) in [7, 11) is 1.64. The van der Waals surface area contributed by atoms with Crippen molar-refractivity contribution in [3.63, 3.8) is 0 Å². The van der Waals surface area contributed by atoms with Crippen molar-refractivity contribution in [1.82, 2.24) is 0 Å². The second-order valence-electron chi connectivity index (χ2n) is 4.92. The van der Waals surface area contributed by atoms with Crippen molar-refractivity contribution in [2.45, 2.75) is 0 Å². The lowest BCUT2D eigenvalue weighted by molar-refractivity contribution is -0.114. The average Bonchev–Trinajstić information content (AvgIpc) is 2.61. The monoisotopic (exact) mass is 327 g/mol. The van der Waals surface area contributed by atoms with Crippen LogP contribution < -0.4 is 9.64 Å². The normalized spacial score (nSPS) is 10.7. The van der Waals surface area contributed by atoms with Crippen molar-refractivity contribution in [1.29, 1.82) is 0 Å². The fraction of sp³-hybridized carbons (Fsp3) is 0.211. The third-order valence-corrected chi connectivity index (χ3v) is 3.98. The number of amides is 1. The van der Waals surface area contributed by atoms with Gasteiger partial charge < -0.3 is 9.64 Å². The Morgan fingerprint density at radius 1 is 1.13 bits per heavy atom. The summed E-state index contributed by atoms with van der Waals surface area (Å²) in [5, 5.41) is 0. The molecule has 0 bridgehead atoms. The van der Waals surface area contributed by atoms with E-state index in [4.69, 9.17) is 4.74 Å². The van der Waals surface area contributed by atoms with Crippen molar-refractivity contribution in [3.05, 3.63) is 66.2 Å². The third-order valence-electron chi connectivity index (χ3n) is 3.39. The van der Waals surface area contributed by atoms with Gasteiger partial charge in [-0.15, -0.1) is 0 Å². The largest absolute Gasteiger partial charge is 0.497 e. The van der Waals surface area contributed by atoms with E-state index in [1.165, 1.54) is 0 Å². The SMILES string of the molecule is COc1ccc(/C=C/C(=O)N(CCSC)c2ccccc2)cc1. The number of nitrogens with zero attached hydrogens (tertiary/aromatic N) is 1. The molecule has 0 aliphatic heterocycles. The minimum Gasteiger partial charge on any atom is -0.497 e. The van der Waals surface area contributed by atoms with Gasteiger partial charge in [0.2, 0.25) is 0 Å². The maximum absolute atomic E-state index is 12.6. The predicted molar refractivity (Wildman–Crippen MR) is 99.2 cm³/mol. The molecule has 2 rings (SSSR count). The first-order valence-corrected chi connectivity index (χ1v) is 8.81. The number of methoxy groups -OCH3 is 1. The van der Waals surface area contributed by atoms with E-state index in [9.17, 15) is 4.79 Å². The molecule has 3 nitrogen and oxygen atoms in total. The Morgan fingerprint density at radius 3 is 2.43 bits per heavy atom. The number of rotatable bonds is 7. The van der Waals surface area contributed by atoms with Gasteiger partial charge in [-0.3, -0.25) is 4.79 Å². The molecule has 2 aromatic rings. The van der Waals surface area contributed by atoms with Crippen LogP contribution in [0.1, 0.15) is 5.56 Å². The summed E-state index contributed by atoms with van der Waals surface area (Å²) < 4.78 is 5.13. The highest BCUT2D eigenvalue weighted by atomic mass is 32.2. The zero-order valence-corrected chi connectivity index (χ0v) is 14.3. The summed E-state index contributed by atoms with van der Waals surface area (Å²) in [4.78, 5) is 14.4. The summed E-state index contributed by atoms with van der Waals surface area (Å²) in [6, 6.07) is 17.4. The summed E-state index contributed by atoms with van der Waals surface area (Å²) >= 11 is 1.73. The maximum Gasteiger partial charge on any atom is 0.251 e. The molecule has 2 aromatic carbocycles. The van der Waals surface area contributed by atoms with Gasteiger partial charge in [-0.25, -0.2) is 0 Å². The number of benzene rings is 2. The smallest absolute Gasteiger partial charge is 0.251 e. The van der Waals surface area contributed by atoms with Crippen molar-refractivity contribution in [3.8, 4) is 5.75 Å². The van der Waals surface area contributed by atoms with Crippen LogP contribution in [0.5, 0.6) is 5.75 Å². The molecule has 0 heterocycles. The molecule has 0 saturated carbocycles. The number of para-hydroxylation sites is 1. The van der Waals surface area contributed by atoms with Gasteiger partial charge in [0.25, 0.3) is 5.91 Å². The Bertz CT molecular complexity index is 638. The molecule has 0 spiro atoms. The summed E-state index contributed by atoms with van der Waals surface area (Å²) in [6.07, 6.45) is 5.49. The Morgan fingerprint density at radius 2 is 1.83 bits per heavy atom. The van der Waals surface area contributed by atoms with Crippen molar-refractivity contribution in [2.24, 2.45) is 0 Å². The molecule has 23 heavy (non-hydrogen) atoms. The molecule has 0 unspecified atom stereocenters. The second-order valence-corrected chi connectivity index (χ2v) is 5.91. The van der Waals surface area contributed by atoms with E-state index < -0.39 is 0 Å². The van der Waals surface area contributed by atoms with Gasteiger partial charge in [-0.05, 0) is 42.2 Å².